The molecular formula is C42H78N6O13. The number of unbranched alkanes of at least 4 members (excludes halogenated alkanes) is 14. The van der Waals surface area contributed by atoms with Gasteiger partial charge < -0.3 is 50.4 Å². The molecule has 0 radical (unpaired) electrons. The van der Waals surface area contributed by atoms with Crippen LogP contribution in [0.3, 0.4) is 0 Å². The van der Waals surface area contributed by atoms with Crippen LogP contribution in [0.25, 0.3) is 0 Å². The van der Waals surface area contributed by atoms with Gasteiger partial charge in [0.2, 0.25) is 23.6 Å². The summed E-state index contributed by atoms with van der Waals surface area (Å²) < 4.78 is 21.3. The normalized spacial score (nSPS) is 12.0. The minimum atomic E-state index is -1.18. The van der Waals surface area contributed by atoms with E-state index in [1.165, 1.54) is 51.9 Å². The number of ketones is 1. The lowest BCUT2D eigenvalue weighted by atomic mass is 10.0. The lowest BCUT2D eigenvalue weighted by Crippen LogP contribution is -2.41. The Morgan fingerprint density at radius 3 is 1.36 bits per heavy atom. The van der Waals surface area contributed by atoms with Crippen molar-refractivity contribution in [1.82, 2.24) is 26.7 Å². The van der Waals surface area contributed by atoms with Crippen molar-refractivity contribution in [3.8, 4) is 0 Å². The van der Waals surface area contributed by atoms with Gasteiger partial charge in [0.15, 0.2) is 0 Å². The smallest absolute Gasteiger partial charge is 0.326 e. The third kappa shape index (κ3) is 40.1. The zero-order valence-corrected chi connectivity index (χ0v) is 36.7. The molecule has 2 atom stereocenters. The highest BCUT2D eigenvalue weighted by Crippen LogP contribution is 2.14. The number of carboxylic acids is 2. The molecule has 0 saturated carbocycles. The van der Waals surface area contributed by atoms with Gasteiger partial charge in [-0.3, -0.25) is 34.6 Å². The number of hydrazine groups is 1. The molecule has 0 aromatic rings. The van der Waals surface area contributed by atoms with Crippen LogP contribution < -0.4 is 32.5 Å². The molecule has 0 aliphatic heterocycles. The van der Waals surface area contributed by atoms with Gasteiger partial charge in [-0.1, -0.05) is 77.0 Å². The molecule has 0 heterocycles. The number of Topliss-reactive ketones (excluding diaryl/α,β-unsaturated/α-hetero) is 1. The quantitative estimate of drug-likeness (QED) is 0.0248. The number of amides is 4. The second-order valence-electron chi connectivity index (χ2n) is 15.0. The van der Waals surface area contributed by atoms with Gasteiger partial charge in [0, 0.05) is 38.9 Å². The zero-order valence-electron chi connectivity index (χ0n) is 36.7. The minimum Gasteiger partial charge on any atom is -0.481 e. The Hall–Kier alpha value is -3.75. The summed E-state index contributed by atoms with van der Waals surface area (Å²) >= 11 is 0. The summed E-state index contributed by atoms with van der Waals surface area (Å²) in [6.07, 6.45) is 17.5. The average molecular weight is 875 g/mol. The topological polar surface area (TPSA) is 283 Å². The fraction of sp³-hybridized carbons (Fsp3) is 0.833. The van der Waals surface area contributed by atoms with Crippen molar-refractivity contribution in [2.75, 3.05) is 72.5 Å². The molecule has 0 saturated heterocycles. The van der Waals surface area contributed by atoms with E-state index in [4.69, 9.17) is 29.9 Å². The Morgan fingerprint density at radius 1 is 0.459 bits per heavy atom. The van der Waals surface area contributed by atoms with Crippen LogP contribution in [0, 0.1) is 0 Å². The molecule has 0 fully saturated rings. The summed E-state index contributed by atoms with van der Waals surface area (Å²) in [5.41, 5.74) is 2.47. The highest BCUT2D eigenvalue weighted by molar-refractivity contribution is 5.84. The third-order valence-electron chi connectivity index (χ3n) is 9.62. The summed E-state index contributed by atoms with van der Waals surface area (Å²) in [6, 6.07) is -1.52. The Labute approximate surface area is 362 Å². The Balaban J connectivity index is 3.65. The van der Waals surface area contributed by atoms with E-state index in [9.17, 15) is 38.7 Å². The number of aliphatic carboxylic acids is 2. The lowest BCUT2D eigenvalue weighted by Gasteiger charge is -2.14. The van der Waals surface area contributed by atoms with Crippen LogP contribution in [0.5, 0.6) is 0 Å². The molecule has 0 aliphatic carbocycles. The van der Waals surface area contributed by atoms with Gasteiger partial charge in [0.1, 0.15) is 25.0 Å². The number of carboxylic acid groups (broad SMARTS) is 2. The number of hydrogen-bond donors (Lipinski definition) is 8. The average Bonchev–Trinajstić information content (AvgIpc) is 3.22. The lowest BCUT2D eigenvalue weighted by molar-refractivity contribution is -0.142. The molecule has 0 spiro atoms. The van der Waals surface area contributed by atoms with Crippen molar-refractivity contribution in [2.45, 2.75) is 154 Å². The number of ether oxygens (including phenoxy) is 4. The predicted octanol–water partition coefficient (Wildman–Crippen LogP) is 2.67. The molecule has 0 rings (SSSR count). The number of carbonyl (C=O) groups is 7. The molecule has 354 valence electrons. The molecule has 0 aromatic heterocycles. The maximum absolute atomic E-state index is 12.3. The first-order valence-electron chi connectivity index (χ1n) is 22.3. The number of nitrogens with two attached hydrogens (primary N) is 1. The van der Waals surface area contributed by atoms with Gasteiger partial charge in [-0.15, -0.1) is 0 Å². The van der Waals surface area contributed by atoms with Gasteiger partial charge >= 0.3 is 11.9 Å². The fourth-order valence-corrected chi connectivity index (χ4v) is 6.07. The Bertz CT molecular complexity index is 1200. The highest BCUT2D eigenvalue weighted by atomic mass is 16.5. The minimum absolute atomic E-state index is 0.0236. The van der Waals surface area contributed by atoms with Crippen molar-refractivity contribution in [1.29, 1.82) is 0 Å². The maximum atomic E-state index is 12.3. The summed E-state index contributed by atoms with van der Waals surface area (Å²) in [4.78, 5) is 81.7. The van der Waals surface area contributed by atoms with E-state index >= 15 is 0 Å². The first kappa shape index (κ1) is 57.2. The van der Waals surface area contributed by atoms with Crippen molar-refractivity contribution >= 4 is 41.4 Å². The number of carbonyl (C=O) groups excluding carboxylic acids is 5. The van der Waals surface area contributed by atoms with Gasteiger partial charge in [0.05, 0.1) is 45.7 Å². The molecule has 0 unspecified atom stereocenters. The van der Waals surface area contributed by atoms with Crippen LogP contribution in [-0.2, 0) is 52.5 Å². The van der Waals surface area contributed by atoms with Crippen molar-refractivity contribution < 1.29 is 62.7 Å². The molecule has 19 nitrogen and oxygen atoms in total. The first-order chi connectivity index (χ1) is 29.5. The molecule has 4 amide bonds. The molecule has 61 heavy (non-hydrogen) atoms. The Kier molecular flexibility index (Phi) is 39.0. The van der Waals surface area contributed by atoms with Crippen molar-refractivity contribution in [2.24, 2.45) is 5.84 Å². The monoisotopic (exact) mass is 875 g/mol. The van der Waals surface area contributed by atoms with Gasteiger partial charge in [-0.25, -0.2) is 10.2 Å². The van der Waals surface area contributed by atoms with Crippen LogP contribution in [0.15, 0.2) is 0 Å². The first-order valence-corrected chi connectivity index (χ1v) is 22.3. The van der Waals surface area contributed by atoms with Crippen molar-refractivity contribution in [3.05, 3.63) is 0 Å². The maximum Gasteiger partial charge on any atom is 0.326 e. The molecular weight excluding hydrogens is 796 g/mol. The van der Waals surface area contributed by atoms with E-state index in [-0.39, 0.29) is 127 Å². The van der Waals surface area contributed by atoms with Crippen LogP contribution in [0.2, 0.25) is 0 Å². The van der Waals surface area contributed by atoms with Crippen molar-refractivity contribution in [3.63, 3.8) is 0 Å². The van der Waals surface area contributed by atoms with Crippen LogP contribution in [0.1, 0.15) is 142 Å². The van der Waals surface area contributed by atoms with Gasteiger partial charge in [0.25, 0.3) is 0 Å². The molecule has 0 bridgehead atoms. The standard InChI is InChI=1S/C42H78N6O13/c1-34(49)35(48-43)18-16-17-23-44-39(52)32-60-30-29-59-27-25-46-40(53)33-61-31-28-58-26-24-45-37(50)22-21-36(42(56)57)47-38(51)19-14-12-10-8-6-4-2-3-5-7-9-11-13-15-20-41(54)55/h35-36,48H,2-33,43H2,1H3,(H,44,52)(H,45,50)(H,46,53)(H,47,51)(H,54,55)(H,56,57)/t35-,36-/m0/s1. The summed E-state index contributed by atoms with van der Waals surface area (Å²) in [6.45, 7) is 3.46. The molecule has 19 heteroatoms. The molecule has 0 aliphatic rings. The van der Waals surface area contributed by atoms with E-state index in [1.807, 2.05) is 0 Å². The summed E-state index contributed by atoms with van der Waals surface area (Å²) in [7, 11) is 0. The second kappa shape index (κ2) is 41.6. The van der Waals surface area contributed by atoms with E-state index < -0.39 is 18.0 Å². The van der Waals surface area contributed by atoms with Gasteiger partial charge in [-0.05, 0) is 45.4 Å². The van der Waals surface area contributed by atoms with Crippen LogP contribution in [0.4, 0.5) is 0 Å². The number of nitrogens with one attached hydrogen (secondary N) is 5. The molecule has 0 aromatic carbocycles. The second-order valence-corrected chi connectivity index (χ2v) is 15.0. The van der Waals surface area contributed by atoms with Crippen LogP contribution in [-0.4, -0.2) is 136 Å². The van der Waals surface area contributed by atoms with Crippen LogP contribution >= 0.6 is 0 Å². The van der Waals surface area contributed by atoms with E-state index in [0.29, 0.717) is 25.8 Å². The predicted molar refractivity (Wildman–Crippen MR) is 228 cm³/mol. The largest absolute Gasteiger partial charge is 0.481 e. The number of rotatable bonds is 45. The highest BCUT2D eigenvalue weighted by Gasteiger charge is 2.21. The van der Waals surface area contributed by atoms with E-state index in [2.05, 4.69) is 26.7 Å². The third-order valence-corrected chi connectivity index (χ3v) is 9.62. The summed E-state index contributed by atoms with van der Waals surface area (Å²) in [5, 5.41) is 28.7. The number of hydrogen-bond acceptors (Lipinski definition) is 13. The van der Waals surface area contributed by atoms with Gasteiger partial charge in [-0.2, -0.15) is 0 Å². The Morgan fingerprint density at radius 2 is 0.902 bits per heavy atom. The van der Waals surface area contributed by atoms with E-state index in [1.54, 1.807) is 0 Å². The SMILES string of the molecule is CC(=O)[C@H](CCCCNC(=O)COCCOCCNC(=O)COCCOCCNC(=O)CC[C@H](NC(=O)CCCCCCCCCCCCCCCCC(=O)O)C(=O)O)NN. The fourth-order valence-electron chi connectivity index (χ4n) is 6.07. The summed E-state index contributed by atoms with van der Waals surface area (Å²) in [5.74, 6) is 2.15. The van der Waals surface area contributed by atoms with E-state index in [0.717, 1.165) is 44.9 Å². The molecule has 9 N–H and O–H groups in total. The zero-order chi connectivity index (χ0) is 45.2.